The molecule has 0 atom stereocenters. The summed E-state index contributed by atoms with van der Waals surface area (Å²) in [5, 5.41) is 9.54. The fraction of sp³-hybridized carbons (Fsp3) is 0.500. The number of carbonyl (C=O) groups excluding carboxylic acids is 1. The Morgan fingerprint density at radius 2 is 2.09 bits per heavy atom. The molecule has 0 amide bonds. The molecular weight excluding hydrogens is 312 g/mol. The maximum absolute atomic E-state index is 11.8. The average molecular weight is 336 g/mol. The summed E-state index contributed by atoms with van der Waals surface area (Å²) in [6.07, 6.45) is 0. The molecule has 2 rings (SSSR count). The van der Waals surface area contributed by atoms with E-state index in [9.17, 15) is 9.90 Å². The number of para-hydroxylation sites is 1. The van der Waals surface area contributed by atoms with Crippen molar-refractivity contribution in [2.24, 2.45) is 0 Å². The summed E-state index contributed by atoms with van der Waals surface area (Å²) in [6, 6.07) is 6.37. The van der Waals surface area contributed by atoms with Crippen LogP contribution in [0.15, 0.2) is 18.2 Å². The highest BCUT2D eigenvalue weighted by atomic mass is 28.3. The van der Waals surface area contributed by atoms with Crippen molar-refractivity contribution in [3.05, 3.63) is 29.6 Å². The highest BCUT2D eigenvalue weighted by molar-refractivity contribution is 6.76. The lowest BCUT2D eigenvalue weighted by molar-refractivity contribution is 0.0602. The number of hydrogen-bond acceptors (Lipinski definition) is 5. The minimum Gasteiger partial charge on any atom is -0.465 e. The smallest absolute Gasteiger partial charge is 0.340 e. The quantitative estimate of drug-likeness (QED) is 0.478. The van der Waals surface area contributed by atoms with Gasteiger partial charge in [0, 0.05) is 14.7 Å². The van der Waals surface area contributed by atoms with Gasteiger partial charge in [-0.05, 0) is 18.2 Å². The predicted molar refractivity (Wildman–Crippen MR) is 91.1 cm³/mol. The fourth-order valence-electron chi connectivity index (χ4n) is 2.27. The number of hydrogen-bond donors (Lipinski definition) is 1. The van der Waals surface area contributed by atoms with Crippen molar-refractivity contribution in [3.8, 4) is 0 Å². The number of aliphatic hydroxyl groups is 1. The summed E-state index contributed by atoms with van der Waals surface area (Å²) in [6.45, 7) is 7.66. The van der Waals surface area contributed by atoms with E-state index in [1.807, 2.05) is 6.07 Å². The summed E-state index contributed by atoms with van der Waals surface area (Å²) in [5.41, 5.74) is 1.67. The lowest BCUT2D eigenvalue weighted by atomic mass is 10.2. The summed E-state index contributed by atoms with van der Waals surface area (Å²) >= 11 is 0. The number of methoxy groups -OCH3 is 1. The molecule has 0 radical (unpaired) electrons. The molecule has 0 fully saturated rings. The van der Waals surface area contributed by atoms with Gasteiger partial charge in [0.05, 0.1) is 18.2 Å². The van der Waals surface area contributed by atoms with Crippen LogP contribution in [0, 0.1) is 0 Å². The second-order valence-electron chi connectivity index (χ2n) is 6.63. The second kappa shape index (κ2) is 7.25. The molecule has 6 nitrogen and oxygen atoms in total. The second-order valence-corrected chi connectivity index (χ2v) is 12.2. The Balaban J connectivity index is 2.27. The fourth-order valence-corrected chi connectivity index (χ4v) is 3.03. The van der Waals surface area contributed by atoms with E-state index in [1.165, 1.54) is 7.11 Å². The van der Waals surface area contributed by atoms with E-state index in [0.29, 0.717) is 30.2 Å². The van der Waals surface area contributed by atoms with E-state index in [0.717, 1.165) is 11.6 Å². The van der Waals surface area contributed by atoms with Crippen LogP contribution in [0.2, 0.25) is 25.7 Å². The first-order valence-electron chi connectivity index (χ1n) is 7.62. The topological polar surface area (TPSA) is 73.6 Å². The number of aliphatic hydroxyl groups excluding tert-OH is 1. The maximum atomic E-state index is 11.8. The molecule has 23 heavy (non-hydrogen) atoms. The molecule has 1 aromatic heterocycles. The van der Waals surface area contributed by atoms with Gasteiger partial charge in [-0.25, -0.2) is 9.78 Å². The largest absolute Gasteiger partial charge is 0.465 e. The molecule has 2 aromatic rings. The van der Waals surface area contributed by atoms with E-state index in [2.05, 4.69) is 24.6 Å². The van der Waals surface area contributed by atoms with E-state index >= 15 is 0 Å². The molecule has 1 aromatic carbocycles. The van der Waals surface area contributed by atoms with Gasteiger partial charge in [-0.2, -0.15) is 0 Å². The molecule has 1 N–H and O–H groups in total. The van der Waals surface area contributed by atoms with Gasteiger partial charge in [0.2, 0.25) is 0 Å². The highest BCUT2D eigenvalue weighted by Crippen LogP contribution is 2.21. The number of nitrogens with zero attached hydrogens (tertiary/aromatic N) is 2. The first kappa shape index (κ1) is 17.6. The van der Waals surface area contributed by atoms with Gasteiger partial charge in [0.1, 0.15) is 24.7 Å². The zero-order valence-electron chi connectivity index (χ0n) is 14.1. The minimum atomic E-state index is -1.14. The normalized spacial score (nSPS) is 11.9. The lowest BCUT2D eigenvalue weighted by Crippen LogP contribution is -2.22. The zero-order chi connectivity index (χ0) is 17.0. The van der Waals surface area contributed by atoms with Crippen molar-refractivity contribution >= 4 is 25.1 Å². The Morgan fingerprint density at radius 3 is 2.70 bits per heavy atom. The first-order chi connectivity index (χ1) is 10.9. The summed E-state index contributed by atoms with van der Waals surface area (Å²) < 4.78 is 12.3. The van der Waals surface area contributed by atoms with Crippen molar-refractivity contribution in [1.82, 2.24) is 9.55 Å². The number of carbonyl (C=O) groups is 1. The zero-order valence-corrected chi connectivity index (χ0v) is 15.1. The van der Waals surface area contributed by atoms with Gasteiger partial charge in [-0.15, -0.1) is 0 Å². The van der Waals surface area contributed by atoms with Crippen LogP contribution in [-0.4, -0.2) is 42.4 Å². The number of aromatic nitrogens is 2. The molecular formula is C16H24N2O4Si. The van der Waals surface area contributed by atoms with E-state index in [4.69, 9.17) is 9.47 Å². The third-order valence-corrected chi connectivity index (χ3v) is 5.33. The molecule has 0 saturated heterocycles. The third kappa shape index (κ3) is 4.18. The maximum Gasteiger partial charge on any atom is 0.340 e. The van der Waals surface area contributed by atoms with Crippen molar-refractivity contribution < 1.29 is 19.4 Å². The monoisotopic (exact) mass is 336 g/mol. The Labute approximate surface area is 137 Å². The summed E-state index contributed by atoms with van der Waals surface area (Å²) in [4.78, 5) is 16.2. The standard InChI is InChI=1S/C16H24N2O4Si/c1-21-16(20)12-6-5-7-13-15(12)17-14(10-19)18(13)11-22-8-9-23(2,3)4/h5-7,19H,8-11H2,1-4H3. The molecule has 0 aliphatic rings. The lowest BCUT2D eigenvalue weighted by Gasteiger charge is -2.16. The molecule has 0 saturated carbocycles. The molecule has 0 bridgehead atoms. The summed E-state index contributed by atoms with van der Waals surface area (Å²) in [5.74, 6) is 0.0359. The molecule has 0 aliphatic heterocycles. The minimum absolute atomic E-state index is 0.216. The van der Waals surface area contributed by atoms with Crippen LogP contribution in [0.3, 0.4) is 0 Å². The van der Waals surface area contributed by atoms with Gasteiger partial charge in [0.25, 0.3) is 0 Å². The predicted octanol–water partition coefficient (Wildman–Crippen LogP) is 2.63. The van der Waals surface area contributed by atoms with Crippen molar-refractivity contribution in [2.75, 3.05) is 13.7 Å². The molecule has 0 unspecified atom stereocenters. The molecule has 0 spiro atoms. The molecule has 7 heteroatoms. The Morgan fingerprint density at radius 1 is 1.35 bits per heavy atom. The van der Waals surface area contributed by atoms with E-state index < -0.39 is 14.0 Å². The van der Waals surface area contributed by atoms with Gasteiger partial charge in [-0.1, -0.05) is 25.7 Å². The van der Waals surface area contributed by atoms with Gasteiger partial charge < -0.3 is 19.1 Å². The number of imidazole rings is 1. The molecule has 126 valence electrons. The number of esters is 1. The van der Waals surface area contributed by atoms with Crippen LogP contribution in [0.25, 0.3) is 11.0 Å². The first-order valence-corrected chi connectivity index (χ1v) is 11.3. The third-order valence-electron chi connectivity index (χ3n) is 3.62. The van der Waals surface area contributed by atoms with E-state index in [1.54, 1.807) is 16.7 Å². The average Bonchev–Trinajstić information content (AvgIpc) is 2.87. The molecule has 1 heterocycles. The number of rotatable bonds is 7. The SMILES string of the molecule is COC(=O)c1cccc2c1nc(CO)n2COCC[Si](C)(C)C. The Bertz CT molecular complexity index is 691. The van der Waals surface area contributed by atoms with Gasteiger partial charge in [-0.3, -0.25) is 0 Å². The van der Waals surface area contributed by atoms with E-state index in [-0.39, 0.29) is 6.61 Å². The highest BCUT2D eigenvalue weighted by Gasteiger charge is 2.18. The van der Waals surface area contributed by atoms with Crippen molar-refractivity contribution in [2.45, 2.75) is 39.0 Å². The molecule has 0 aliphatic carbocycles. The van der Waals surface area contributed by atoms with Crippen LogP contribution < -0.4 is 0 Å². The van der Waals surface area contributed by atoms with Gasteiger partial charge >= 0.3 is 5.97 Å². The van der Waals surface area contributed by atoms with Crippen molar-refractivity contribution in [3.63, 3.8) is 0 Å². The number of fused-ring (bicyclic) bond motifs is 1. The summed E-state index contributed by atoms with van der Waals surface area (Å²) in [7, 11) is 0.194. The van der Waals surface area contributed by atoms with Crippen LogP contribution in [0.1, 0.15) is 16.2 Å². The Kier molecular flexibility index (Phi) is 5.56. The number of ether oxygens (including phenoxy) is 2. The number of benzene rings is 1. The van der Waals surface area contributed by atoms with Crippen LogP contribution >= 0.6 is 0 Å². The van der Waals surface area contributed by atoms with Crippen LogP contribution in [0.5, 0.6) is 0 Å². The van der Waals surface area contributed by atoms with Gasteiger partial charge in [0.15, 0.2) is 0 Å². The van der Waals surface area contributed by atoms with Crippen LogP contribution in [0.4, 0.5) is 0 Å². The van der Waals surface area contributed by atoms with Crippen molar-refractivity contribution in [1.29, 1.82) is 0 Å². The Hall–Kier alpha value is -1.70. The van der Waals surface area contributed by atoms with Crippen LogP contribution in [-0.2, 0) is 22.8 Å².